The third kappa shape index (κ3) is 3.63. The standard InChI is InChI=1S/C19H18N2O2S/c1-3-23-16-11-7-8-14(12-16)19-20-13(2)17(24-19)18(22)21-15-9-5-4-6-10-15/h4-12H,3H2,1-2H3,(H,21,22). The molecular formula is C19H18N2O2S. The SMILES string of the molecule is CCOc1cccc(-c2nc(C)c(C(=O)Nc3ccccc3)s2)c1. The number of aromatic nitrogens is 1. The van der Waals surface area contributed by atoms with Crippen LogP contribution < -0.4 is 10.1 Å². The van der Waals surface area contributed by atoms with E-state index >= 15 is 0 Å². The minimum absolute atomic E-state index is 0.136. The largest absolute Gasteiger partial charge is 0.494 e. The van der Waals surface area contributed by atoms with Gasteiger partial charge in [0.2, 0.25) is 0 Å². The van der Waals surface area contributed by atoms with Gasteiger partial charge in [0, 0.05) is 11.3 Å². The number of nitrogens with one attached hydrogen (secondary N) is 1. The Balaban J connectivity index is 1.85. The molecule has 122 valence electrons. The molecule has 1 heterocycles. The Kier molecular flexibility index (Phi) is 4.91. The van der Waals surface area contributed by atoms with E-state index in [1.807, 2.05) is 68.4 Å². The molecule has 24 heavy (non-hydrogen) atoms. The number of amides is 1. The van der Waals surface area contributed by atoms with Gasteiger partial charge >= 0.3 is 0 Å². The van der Waals surface area contributed by atoms with Crippen LogP contribution in [0.5, 0.6) is 5.75 Å². The van der Waals surface area contributed by atoms with Gasteiger partial charge in [-0.15, -0.1) is 11.3 Å². The number of anilines is 1. The van der Waals surface area contributed by atoms with Crippen molar-refractivity contribution in [2.75, 3.05) is 11.9 Å². The number of ether oxygens (including phenoxy) is 1. The highest BCUT2D eigenvalue weighted by molar-refractivity contribution is 7.17. The molecule has 0 radical (unpaired) electrons. The van der Waals surface area contributed by atoms with Crippen LogP contribution in [-0.4, -0.2) is 17.5 Å². The molecule has 0 atom stereocenters. The van der Waals surface area contributed by atoms with Crippen molar-refractivity contribution in [3.05, 3.63) is 65.2 Å². The average molecular weight is 338 g/mol. The van der Waals surface area contributed by atoms with Crippen molar-refractivity contribution < 1.29 is 9.53 Å². The molecule has 5 heteroatoms. The van der Waals surface area contributed by atoms with Gasteiger partial charge in [-0.1, -0.05) is 30.3 Å². The molecule has 1 aromatic heterocycles. The van der Waals surface area contributed by atoms with Crippen LogP contribution in [0.4, 0.5) is 5.69 Å². The van der Waals surface area contributed by atoms with E-state index in [1.54, 1.807) is 0 Å². The fraction of sp³-hybridized carbons (Fsp3) is 0.158. The Hall–Kier alpha value is -2.66. The number of nitrogens with zero attached hydrogens (tertiary/aromatic N) is 1. The molecule has 1 amide bonds. The van der Waals surface area contributed by atoms with Gasteiger partial charge in [-0.3, -0.25) is 4.79 Å². The first-order chi connectivity index (χ1) is 11.7. The molecule has 0 saturated carbocycles. The molecule has 3 rings (SSSR count). The lowest BCUT2D eigenvalue weighted by molar-refractivity contribution is 0.103. The van der Waals surface area contributed by atoms with Gasteiger partial charge < -0.3 is 10.1 Å². The monoisotopic (exact) mass is 338 g/mol. The van der Waals surface area contributed by atoms with Gasteiger partial charge in [-0.2, -0.15) is 0 Å². The summed E-state index contributed by atoms with van der Waals surface area (Å²) in [5, 5.41) is 3.71. The normalized spacial score (nSPS) is 10.4. The maximum atomic E-state index is 12.5. The van der Waals surface area contributed by atoms with Crippen LogP contribution in [0.3, 0.4) is 0 Å². The molecule has 1 N–H and O–H groups in total. The summed E-state index contributed by atoms with van der Waals surface area (Å²) in [6.45, 7) is 4.42. The lowest BCUT2D eigenvalue weighted by Crippen LogP contribution is -2.11. The molecule has 3 aromatic rings. The zero-order chi connectivity index (χ0) is 16.9. The quantitative estimate of drug-likeness (QED) is 0.729. The van der Waals surface area contributed by atoms with E-state index < -0.39 is 0 Å². The van der Waals surface area contributed by atoms with E-state index in [-0.39, 0.29) is 5.91 Å². The second kappa shape index (κ2) is 7.27. The number of benzene rings is 2. The first-order valence-corrected chi connectivity index (χ1v) is 8.56. The number of carbonyl (C=O) groups excluding carboxylic acids is 1. The molecule has 0 aliphatic heterocycles. The van der Waals surface area contributed by atoms with Crippen LogP contribution in [0, 0.1) is 6.92 Å². The van der Waals surface area contributed by atoms with Crippen molar-refractivity contribution in [1.82, 2.24) is 4.98 Å². The van der Waals surface area contributed by atoms with E-state index in [2.05, 4.69) is 10.3 Å². The number of para-hydroxylation sites is 1. The Morgan fingerprint density at radius 2 is 1.96 bits per heavy atom. The summed E-state index contributed by atoms with van der Waals surface area (Å²) in [5.41, 5.74) is 2.45. The van der Waals surface area contributed by atoms with E-state index in [0.29, 0.717) is 11.5 Å². The first-order valence-electron chi connectivity index (χ1n) is 7.74. The number of hydrogen-bond donors (Lipinski definition) is 1. The number of rotatable bonds is 5. The van der Waals surface area contributed by atoms with Gasteiger partial charge in [0.25, 0.3) is 5.91 Å². The number of carbonyl (C=O) groups is 1. The van der Waals surface area contributed by atoms with Crippen molar-refractivity contribution in [3.63, 3.8) is 0 Å². The molecule has 4 nitrogen and oxygen atoms in total. The number of thiazole rings is 1. The van der Waals surface area contributed by atoms with Crippen LogP contribution in [0.1, 0.15) is 22.3 Å². The molecular weight excluding hydrogens is 320 g/mol. The highest BCUT2D eigenvalue weighted by Crippen LogP contribution is 2.30. The molecule has 0 saturated heterocycles. The Labute approximate surface area is 145 Å². The summed E-state index contributed by atoms with van der Waals surface area (Å²) >= 11 is 1.39. The van der Waals surface area contributed by atoms with Crippen molar-refractivity contribution in [2.24, 2.45) is 0 Å². The van der Waals surface area contributed by atoms with Crippen molar-refractivity contribution in [1.29, 1.82) is 0 Å². The Morgan fingerprint density at radius 3 is 2.71 bits per heavy atom. The Morgan fingerprint density at radius 1 is 1.17 bits per heavy atom. The van der Waals surface area contributed by atoms with Gasteiger partial charge in [0.15, 0.2) is 0 Å². The maximum absolute atomic E-state index is 12.5. The average Bonchev–Trinajstić information content (AvgIpc) is 2.98. The molecule has 0 aliphatic carbocycles. The van der Waals surface area contributed by atoms with Crippen LogP contribution >= 0.6 is 11.3 Å². The van der Waals surface area contributed by atoms with Crippen molar-refractivity contribution >= 4 is 22.9 Å². The number of aryl methyl sites for hydroxylation is 1. The molecule has 0 aliphatic rings. The minimum atomic E-state index is -0.136. The lowest BCUT2D eigenvalue weighted by Gasteiger charge is -2.04. The number of hydrogen-bond acceptors (Lipinski definition) is 4. The summed E-state index contributed by atoms with van der Waals surface area (Å²) in [7, 11) is 0. The summed E-state index contributed by atoms with van der Waals surface area (Å²) in [4.78, 5) is 17.7. The molecule has 2 aromatic carbocycles. The summed E-state index contributed by atoms with van der Waals surface area (Å²) < 4.78 is 5.53. The zero-order valence-corrected chi connectivity index (χ0v) is 14.4. The third-order valence-electron chi connectivity index (χ3n) is 3.43. The van der Waals surface area contributed by atoms with Gasteiger partial charge in [-0.05, 0) is 38.1 Å². The summed E-state index contributed by atoms with van der Waals surface area (Å²) in [5.74, 6) is 0.668. The zero-order valence-electron chi connectivity index (χ0n) is 13.6. The van der Waals surface area contributed by atoms with E-state index in [9.17, 15) is 4.79 Å². The lowest BCUT2D eigenvalue weighted by atomic mass is 10.2. The first kappa shape index (κ1) is 16.2. The molecule has 0 bridgehead atoms. The fourth-order valence-electron chi connectivity index (χ4n) is 2.33. The maximum Gasteiger partial charge on any atom is 0.267 e. The predicted octanol–water partition coefficient (Wildman–Crippen LogP) is 4.77. The third-order valence-corrected chi connectivity index (χ3v) is 4.63. The molecule has 0 fully saturated rings. The second-order valence-electron chi connectivity index (χ2n) is 5.21. The Bertz CT molecular complexity index is 844. The van der Waals surface area contributed by atoms with Crippen LogP contribution in [0.25, 0.3) is 10.6 Å². The van der Waals surface area contributed by atoms with Crippen LogP contribution in [0.2, 0.25) is 0 Å². The predicted molar refractivity (Wildman–Crippen MR) is 97.9 cm³/mol. The van der Waals surface area contributed by atoms with Crippen molar-refractivity contribution in [2.45, 2.75) is 13.8 Å². The van der Waals surface area contributed by atoms with E-state index in [4.69, 9.17) is 4.74 Å². The topological polar surface area (TPSA) is 51.2 Å². The smallest absolute Gasteiger partial charge is 0.267 e. The second-order valence-corrected chi connectivity index (χ2v) is 6.21. The van der Waals surface area contributed by atoms with E-state index in [0.717, 1.165) is 27.7 Å². The van der Waals surface area contributed by atoms with Crippen LogP contribution in [-0.2, 0) is 0 Å². The van der Waals surface area contributed by atoms with Gasteiger partial charge in [0.1, 0.15) is 15.6 Å². The van der Waals surface area contributed by atoms with E-state index in [1.165, 1.54) is 11.3 Å². The van der Waals surface area contributed by atoms with Gasteiger partial charge in [-0.25, -0.2) is 4.98 Å². The fourth-order valence-corrected chi connectivity index (χ4v) is 3.28. The van der Waals surface area contributed by atoms with Crippen LogP contribution in [0.15, 0.2) is 54.6 Å². The summed E-state index contributed by atoms with van der Waals surface area (Å²) in [6, 6.07) is 17.2. The minimum Gasteiger partial charge on any atom is -0.494 e. The highest BCUT2D eigenvalue weighted by atomic mass is 32.1. The summed E-state index contributed by atoms with van der Waals surface area (Å²) in [6.07, 6.45) is 0. The van der Waals surface area contributed by atoms with Crippen molar-refractivity contribution in [3.8, 4) is 16.3 Å². The highest BCUT2D eigenvalue weighted by Gasteiger charge is 2.16. The van der Waals surface area contributed by atoms with Gasteiger partial charge in [0.05, 0.1) is 12.3 Å². The molecule has 0 unspecified atom stereocenters. The molecule has 0 spiro atoms.